The normalized spacial score (nSPS) is 20.5. The van der Waals surface area contributed by atoms with Crippen LogP contribution in [-0.4, -0.2) is 34.7 Å². The summed E-state index contributed by atoms with van der Waals surface area (Å²) in [5.74, 6) is 0.803. The largest absolute Gasteiger partial charge is 0.385 e. The van der Waals surface area contributed by atoms with Crippen molar-refractivity contribution in [3.8, 4) is 0 Å². The van der Waals surface area contributed by atoms with Crippen LogP contribution < -0.4 is 5.32 Å². The highest BCUT2D eigenvalue weighted by Crippen LogP contribution is 2.08. The molecule has 1 heterocycles. The lowest BCUT2D eigenvalue weighted by atomic mass is 10.3. The maximum atomic E-state index is 9.71. The molecule has 0 saturated carbocycles. The van der Waals surface area contributed by atoms with Gasteiger partial charge in [-0.15, -0.1) is 0 Å². The van der Waals surface area contributed by atoms with Crippen molar-refractivity contribution >= 4 is 5.84 Å². The van der Waals surface area contributed by atoms with Crippen LogP contribution in [0.3, 0.4) is 0 Å². The van der Waals surface area contributed by atoms with Crippen LogP contribution in [0.15, 0.2) is 29.5 Å². The molecule has 84 valence electrons. The van der Waals surface area contributed by atoms with Gasteiger partial charge in [-0.05, 0) is 26.8 Å². The number of hydrogen-bond donors (Lipinski definition) is 2. The van der Waals surface area contributed by atoms with Crippen molar-refractivity contribution in [2.45, 2.75) is 33.0 Å². The van der Waals surface area contributed by atoms with Gasteiger partial charge in [-0.3, -0.25) is 0 Å². The van der Waals surface area contributed by atoms with E-state index in [1.165, 1.54) is 0 Å². The minimum atomic E-state index is -0.604. The minimum absolute atomic E-state index is 0.354. The molecule has 0 bridgehead atoms. The average Bonchev–Trinajstić information content (AvgIpc) is 2.10. The van der Waals surface area contributed by atoms with E-state index in [0.29, 0.717) is 12.6 Å². The standard InChI is InChI=1S/C11H19N3O/c1-8(2)13-9(3)7-14-10(4)12-6-5-11(14)15/h5-6,8,11,13,15H,3,7H2,1-2,4H3. The molecule has 1 rings (SSSR count). The zero-order valence-corrected chi connectivity index (χ0v) is 9.57. The Morgan fingerprint density at radius 3 is 2.93 bits per heavy atom. The van der Waals surface area contributed by atoms with Crippen LogP contribution in [0.2, 0.25) is 0 Å². The van der Waals surface area contributed by atoms with E-state index in [1.807, 2.05) is 6.92 Å². The number of nitrogens with zero attached hydrogens (tertiary/aromatic N) is 2. The minimum Gasteiger partial charge on any atom is -0.385 e. The summed E-state index contributed by atoms with van der Waals surface area (Å²) >= 11 is 0. The molecule has 0 radical (unpaired) electrons. The summed E-state index contributed by atoms with van der Waals surface area (Å²) in [6, 6.07) is 0.354. The number of rotatable bonds is 4. The van der Waals surface area contributed by atoms with Gasteiger partial charge in [0.2, 0.25) is 0 Å². The van der Waals surface area contributed by atoms with Crippen molar-refractivity contribution in [2.75, 3.05) is 6.54 Å². The third-order valence-corrected chi connectivity index (χ3v) is 2.11. The maximum absolute atomic E-state index is 9.71. The third-order valence-electron chi connectivity index (χ3n) is 2.11. The van der Waals surface area contributed by atoms with Gasteiger partial charge in [0.15, 0.2) is 0 Å². The van der Waals surface area contributed by atoms with Crippen LogP contribution in [-0.2, 0) is 0 Å². The van der Waals surface area contributed by atoms with E-state index in [9.17, 15) is 5.11 Å². The Morgan fingerprint density at radius 2 is 2.40 bits per heavy atom. The van der Waals surface area contributed by atoms with E-state index in [1.54, 1.807) is 17.2 Å². The molecule has 0 aromatic rings. The van der Waals surface area contributed by atoms with E-state index in [-0.39, 0.29) is 0 Å². The number of aliphatic hydroxyl groups excluding tert-OH is 1. The number of aliphatic imine (C=N–C) groups is 1. The molecule has 0 spiro atoms. The summed E-state index contributed by atoms with van der Waals surface area (Å²) in [5, 5.41) is 12.9. The molecule has 0 aromatic carbocycles. The first-order valence-corrected chi connectivity index (χ1v) is 5.11. The SMILES string of the molecule is C=C(CN1C(C)=NC=CC1O)NC(C)C. The van der Waals surface area contributed by atoms with Crippen LogP contribution in [0, 0.1) is 0 Å². The number of aliphatic hydroxyl groups is 1. The topological polar surface area (TPSA) is 47.9 Å². The van der Waals surface area contributed by atoms with E-state index >= 15 is 0 Å². The molecule has 1 unspecified atom stereocenters. The molecule has 0 aliphatic carbocycles. The Morgan fingerprint density at radius 1 is 1.73 bits per heavy atom. The van der Waals surface area contributed by atoms with Crippen molar-refractivity contribution in [3.05, 3.63) is 24.6 Å². The monoisotopic (exact) mass is 209 g/mol. The first-order chi connectivity index (χ1) is 7.00. The Kier molecular flexibility index (Phi) is 3.91. The van der Waals surface area contributed by atoms with Crippen LogP contribution in [0.1, 0.15) is 20.8 Å². The highest BCUT2D eigenvalue weighted by atomic mass is 16.3. The van der Waals surface area contributed by atoms with E-state index < -0.39 is 6.23 Å². The second kappa shape index (κ2) is 4.98. The fraction of sp³-hybridized carbons (Fsp3) is 0.545. The van der Waals surface area contributed by atoms with Gasteiger partial charge < -0.3 is 15.3 Å². The summed E-state index contributed by atoms with van der Waals surface area (Å²) in [7, 11) is 0. The van der Waals surface area contributed by atoms with Crippen molar-refractivity contribution in [3.63, 3.8) is 0 Å². The van der Waals surface area contributed by atoms with Crippen molar-refractivity contribution < 1.29 is 5.11 Å². The molecule has 0 saturated heterocycles. The van der Waals surface area contributed by atoms with Crippen LogP contribution >= 0.6 is 0 Å². The Balaban J connectivity index is 2.54. The second-order valence-electron chi connectivity index (χ2n) is 3.96. The number of amidine groups is 1. The van der Waals surface area contributed by atoms with Crippen LogP contribution in [0.4, 0.5) is 0 Å². The summed E-state index contributed by atoms with van der Waals surface area (Å²) in [5.41, 5.74) is 0.883. The van der Waals surface area contributed by atoms with E-state index in [4.69, 9.17) is 0 Å². The van der Waals surface area contributed by atoms with Gasteiger partial charge in [-0.2, -0.15) is 0 Å². The zero-order chi connectivity index (χ0) is 11.4. The Labute approximate surface area is 91.0 Å². The van der Waals surface area contributed by atoms with Crippen molar-refractivity contribution in [2.24, 2.45) is 4.99 Å². The van der Waals surface area contributed by atoms with Gasteiger partial charge in [0.25, 0.3) is 0 Å². The van der Waals surface area contributed by atoms with Gasteiger partial charge in [-0.25, -0.2) is 4.99 Å². The summed E-state index contributed by atoms with van der Waals surface area (Å²) in [4.78, 5) is 5.92. The Bertz CT molecular complexity index is 294. The van der Waals surface area contributed by atoms with E-state index in [0.717, 1.165) is 11.5 Å². The molecule has 1 aliphatic rings. The zero-order valence-electron chi connectivity index (χ0n) is 9.57. The highest BCUT2D eigenvalue weighted by Gasteiger charge is 2.17. The van der Waals surface area contributed by atoms with Gasteiger partial charge >= 0.3 is 0 Å². The lowest BCUT2D eigenvalue weighted by Gasteiger charge is -2.30. The maximum Gasteiger partial charge on any atom is 0.149 e. The summed E-state index contributed by atoms with van der Waals surface area (Å²) < 4.78 is 0. The molecule has 1 aliphatic heterocycles. The van der Waals surface area contributed by atoms with Gasteiger partial charge in [0.05, 0.1) is 6.54 Å². The molecule has 0 aromatic heterocycles. The molecule has 2 N–H and O–H groups in total. The quantitative estimate of drug-likeness (QED) is 0.728. The lowest BCUT2D eigenvalue weighted by molar-refractivity contribution is 0.0986. The van der Waals surface area contributed by atoms with Gasteiger partial charge in [-0.1, -0.05) is 6.58 Å². The molecule has 0 amide bonds. The van der Waals surface area contributed by atoms with Crippen LogP contribution in [0.25, 0.3) is 0 Å². The molecule has 4 heteroatoms. The first kappa shape index (κ1) is 11.8. The number of hydrogen-bond acceptors (Lipinski definition) is 4. The summed E-state index contributed by atoms with van der Waals surface area (Å²) in [6.07, 6.45) is 2.67. The van der Waals surface area contributed by atoms with Crippen molar-refractivity contribution in [1.82, 2.24) is 10.2 Å². The lowest BCUT2D eigenvalue weighted by Crippen LogP contribution is -2.42. The Hall–Kier alpha value is -1.29. The third kappa shape index (κ3) is 3.40. The molecule has 0 fully saturated rings. The number of nitrogens with one attached hydrogen (secondary N) is 1. The highest BCUT2D eigenvalue weighted by molar-refractivity contribution is 5.81. The molecular weight excluding hydrogens is 190 g/mol. The van der Waals surface area contributed by atoms with Crippen LogP contribution in [0.5, 0.6) is 0 Å². The molecule has 1 atom stereocenters. The smallest absolute Gasteiger partial charge is 0.149 e. The molecular formula is C11H19N3O. The second-order valence-corrected chi connectivity index (χ2v) is 3.96. The fourth-order valence-electron chi connectivity index (χ4n) is 1.46. The predicted molar refractivity (Wildman–Crippen MR) is 62.4 cm³/mol. The fourth-order valence-corrected chi connectivity index (χ4v) is 1.46. The molecule has 15 heavy (non-hydrogen) atoms. The summed E-state index contributed by atoms with van der Waals surface area (Å²) in [6.45, 7) is 10.5. The van der Waals surface area contributed by atoms with E-state index in [2.05, 4.69) is 30.7 Å². The van der Waals surface area contributed by atoms with Gasteiger partial charge in [0, 0.05) is 17.9 Å². The van der Waals surface area contributed by atoms with Gasteiger partial charge in [0.1, 0.15) is 12.1 Å². The molecule has 4 nitrogen and oxygen atoms in total. The van der Waals surface area contributed by atoms with Crippen molar-refractivity contribution in [1.29, 1.82) is 0 Å². The first-order valence-electron chi connectivity index (χ1n) is 5.11. The predicted octanol–water partition coefficient (Wildman–Crippen LogP) is 1.06. The average molecular weight is 209 g/mol.